The topological polar surface area (TPSA) is 37.3 Å². The molecule has 0 amide bonds. The summed E-state index contributed by atoms with van der Waals surface area (Å²) in [7, 11) is 0. The highest BCUT2D eigenvalue weighted by Gasteiger charge is 2.54. The Bertz CT molecular complexity index is 480. The van der Waals surface area contributed by atoms with Gasteiger partial charge in [0.05, 0.1) is 6.10 Å². The third-order valence-corrected chi connectivity index (χ3v) is 7.49. The SMILES string of the molecule is CC12CCC3C4CCC(=O)C=C4CCC3C1CCCC2O. The first-order chi connectivity index (χ1) is 10.1. The molecule has 4 rings (SSSR count). The third-order valence-electron chi connectivity index (χ3n) is 7.49. The molecule has 6 unspecified atom stereocenters. The van der Waals surface area contributed by atoms with Crippen molar-refractivity contribution in [1.82, 2.24) is 0 Å². The first kappa shape index (κ1) is 14.0. The fraction of sp³-hybridized carbons (Fsp3) is 0.842. The van der Waals surface area contributed by atoms with Crippen molar-refractivity contribution < 1.29 is 9.90 Å². The summed E-state index contributed by atoms with van der Waals surface area (Å²) in [5.74, 6) is 3.35. The van der Waals surface area contributed by atoms with Gasteiger partial charge in [-0.05, 0) is 80.1 Å². The molecule has 0 spiro atoms. The third kappa shape index (κ3) is 2.05. The van der Waals surface area contributed by atoms with E-state index in [9.17, 15) is 9.90 Å². The number of rotatable bonds is 0. The Morgan fingerprint density at radius 2 is 1.95 bits per heavy atom. The van der Waals surface area contributed by atoms with Gasteiger partial charge in [0.1, 0.15) is 0 Å². The van der Waals surface area contributed by atoms with E-state index in [1.165, 1.54) is 37.7 Å². The summed E-state index contributed by atoms with van der Waals surface area (Å²) >= 11 is 0. The van der Waals surface area contributed by atoms with Crippen LogP contribution in [0.25, 0.3) is 0 Å². The Labute approximate surface area is 128 Å². The number of carbonyl (C=O) groups excluding carboxylic acids is 1. The van der Waals surface area contributed by atoms with E-state index in [1.54, 1.807) is 0 Å². The predicted octanol–water partition coefficient (Wildman–Crippen LogP) is 3.88. The number of hydrogen-bond donors (Lipinski definition) is 1. The quantitative estimate of drug-likeness (QED) is 0.734. The van der Waals surface area contributed by atoms with Crippen molar-refractivity contribution in [3.63, 3.8) is 0 Å². The Balaban J connectivity index is 1.63. The van der Waals surface area contributed by atoms with Gasteiger partial charge in [0.15, 0.2) is 5.78 Å². The molecule has 1 N–H and O–H groups in total. The maximum Gasteiger partial charge on any atom is 0.155 e. The Hall–Kier alpha value is -0.630. The lowest BCUT2D eigenvalue weighted by Gasteiger charge is -2.58. The first-order valence-electron chi connectivity index (χ1n) is 9.01. The molecular formula is C19H28O2. The van der Waals surface area contributed by atoms with Crippen molar-refractivity contribution in [3.05, 3.63) is 11.6 Å². The monoisotopic (exact) mass is 288 g/mol. The van der Waals surface area contributed by atoms with Crippen LogP contribution in [0.1, 0.15) is 64.7 Å². The van der Waals surface area contributed by atoms with Gasteiger partial charge in [-0.25, -0.2) is 0 Å². The number of fused-ring (bicyclic) bond motifs is 5. The number of ketones is 1. The van der Waals surface area contributed by atoms with Crippen LogP contribution in [0, 0.1) is 29.1 Å². The summed E-state index contributed by atoms with van der Waals surface area (Å²) in [5.41, 5.74) is 1.64. The van der Waals surface area contributed by atoms with E-state index in [0.29, 0.717) is 11.7 Å². The summed E-state index contributed by atoms with van der Waals surface area (Å²) in [6.07, 6.45) is 12.1. The van der Waals surface area contributed by atoms with Gasteiger partial charge >= 0.3 is 0 Å². The van der Waals surface area contributed by atoms with Gasteiger partial charge in [0.25, 0.3) is 0 Å². The van der Waals surface area contributed by atoms with Crippen molar-refractivity contribution in [3.8, 4) is 0 Å². The van der Waals surface area contributed by atoms with Crippen molar-refractivity contribution >= 4 is 5.78 Å². The normalized spacial score (nSPS) is 49.7. The lowest BCUT2D eigenvalue weighted by atomic mass is 9.48. The van der Waals surface area contributed by atoms with Crippen molar-refractivity contribution in [2.24, 2.45) is 29.1 Å². The molecule has 3 fully saturated rings. The molecule has 4 aliphatic rings. The number of aliphatic hydroxyl groups is 1. The van der Waals surface area contributed by atoms with E-state index >= 15 is 0 Å². The zero-order valence-electron chi connectivity index (χ0n) is 13.2. The molecule has 21 heavy (non-hydrogen) atoms. The molecule has 6 atom stereocenters. The molecule has 0 bridgehead atoms. The van der Waals surface area contributed by atoms with Gasteiger partial charge in [-0.3, -0.25) is 4.79 Å². The predicted molar refractivity (Wildman–Crippen MR) is 82.7 cm³/mol. The second-order valence-electron chi connectivity index (χ2n) is 8.29. The Kier molecular flexibility index (Phi) is 3.29. The van der Waals surface area contributed by atoms with E-state index in [0.717, 1.165) is 43.4 Å². The van der Waals surface area contributed by atoms with Crippen LogP contribution in [0.3, 0.4) is 0 Å². The van der Waals surface area contributed by atoms with Gasteiger partial charge in [-0.15, -0.1) is 0 Å². The highest BCUT2D eigenvalue weighted by Crippen LogP contribution is 2.60. The molecule has 0 saturated heterocycles. The molecule has 0 aromatic rings. The molecule has 0 radical (unpaired) electrons. The molecule has 0 aromatic carbocycles. The van der Waals surface area contributed by atoms with Crippen molar-refractivity contribution in [1.29, 1.82) is 0 Å². The maximum atomic E-state index is 11.7. The standard InChI is InChI=1S/C19H28O2/c1-19-10-9-15-14-8-6-13(20)11-12(14)5-7-16(15)17(19)3-2-4-18(19)21/h11,14-18,21H,2-10H2,1H3. The van der Waals surface area contributed by atoms with Gasteiger partial charge in [-0.2, -0.15) is 0 Å². The average Bonchev–Trinajstić information content (AvgIpc) is 2.48. The van der Waals surface area contributed by atoms with Crippen molar-refractivity contribution in [2.45, 2.75) is 70.8 Å². The molecule has 4 aliphatic carbocycles. The highest BCUT2D eigenvalue weighted by molar-refractivity contribution is 5.91. The summed E-state index contributed by atoms with van der Waals surface area (Å²) < 4.78 is 0. The average molecular weight is 288 g/mol. The minimum atomic E-state index is -0.0814. The summed E-state index contributed by atoms with van der Waals surface area (Å²) in [5, 5.41) is 10.6. The highest BCUT2D eigenvalue weighted by atomic mass is 16.3. The van der Waals surface area contributed by atoms with Gasteiger partial charge in [-0.1, -0.05) is 18.9 Å². The van der Waals surface area contributed by atoms with Gasteiger partial charge in [0.2, 0.25) is 0 Å². The summed E-state index contributed by atoms with van der Waals surface area (Å²) in [4.78, 5) is 11.7. The van der Waals surface area contributed by atoms with Crippen LogP contribution in [0.15, 0.2) is 11.6 Å². The van der Waals surface area contributed by atoms with E-state index in [1.807, 2.05) is 6.08 Å². The second kappa shape index (κ2) is 4.94. The van der Waals surface area contributed by atoms with Crippen LogP contribution >= 0.6 is 0 Å². The lowest BCUT2D eigenvalue weighted by Crippen LogP contribution is -2.53. The van der Waals surface area contributed by atoms with Crippen molar-refractivity contribution in [2.75, 3.05) is 0 Å². The zero-order chi connectivity index (χ0) is 14.6. The molecule has 2 heteroatoms. The fourth-order valence-electron chi connectivity index (χ4n) is 6.35. The first-order valence-corrected chi connectivity index (χ1v) is 9.01. The van der Waals surface area contributed by atoms with Crippen LogP contribution < -0.4 is 0 Å². The number of allylic oxidation sites excluding steroid dienone is 2. The molecular weight excluding hydrogens is 260 g/mol. The van der Waals surface area contributed by atoms with Crippen LogP contribution in [-0.4, -0.2) is 17.0 Å². The maximum absolute atomic E-state index is 11.7. The van der Waals surface area contributed by atoms with E-state index in [4.69, 9.17) is 0 Å². The minimum Gasteiger partial charge on any atom is -0.393 e. The van der Waals surface area contributed by atoms with Crippen LogP contribution in [-0.2, 0) is 4.79 Å². The Morgan fingerprint density at radius 1 is 1.10 bits per heavy atom. The zero-order valence-corrected chi connectivity index (χ0v) is 13.2. The molecule has 3 saturated carbocycles. The van der Waals surface area contributed by atoms with E-state index in [-0.39, 0.29) is 11.5 Å². The largest absolute Gasteiger partial charge is 0.393 e. The molecule has 2 nitrogen and oxygen atoms in total. The van der Waals surface area contributed by atoms with E-state index < -0.39 is 0 Å². The minimum absolute atomic E-state index is 0.0814. The number of carbonyl (C=O) groups is 1. The fourth-order valence-corrected chi connectivity index (χ4v) is 6.35. The Morgan fingerprint density at radius 3 is 2.81 bits per heavy atom. The number of aliphatic hydroxyl groups excluding tert-OH is 1. The smallest absolute Gasteiger partial charge is 0.155 e. The molecule has 0 aliphatic heterocycles. The summed E-state index contributed by atoms with van der Waals surface area (Å²) in [6, 6.07) is 0. The van der Waals surface area contributed by atoms with Crippen LogP contribution in [0.5, 0.6) is 0 Å². The second-order valence-corrected chi connectivity index (χ2v) is 8.29. The van der Waals surface area contributed by atoms with Crippen LogP contribution in [0.4, 0.5) is 0 Å². The lowest BCUT2D eigenvalue weighted by molar-refractivity contribution is -0.122. The van der Waals surface area contributed by atoms with Crippen LogP contribution in [0.2, 0.25) is 0 Å². The van der Waals surface area contributed by atoms with E-state index in [2.05, 4.69) is 6.92 Å². The molecule has 0 aromatic heterocycles. The summed E-state index contributed by atoms with van der Waals surface area (Å²) in [6.45, 7) is 2.35. The van der Waals surface area contributed by atoms with Gasteiger partial charge in [0, 0.05) is 6.42 Å². The molecule has 0 heterocycles. The molecule has 116 valence electrons. The number of hydrogen-bond acceptors (Lipinski definition) is 2. The van der Waals surface area contributed by atoms with Gasteiger partial charge < -0.3 is 5.11 Å².